The van der Waals surface area contributed by atoms with Crippen molar-refractivity contribution in [3.05, 3.63) is 87.8 Å². The van der Waals surface area contributed by atoms with E-state index in [1.54, 1.807) is 48.2 Å². The van der Waals surface area contributed by atoms with Crippen LogP contribution in [0.2, 0.25) is 0 Å². The van der Waals surface area contributed by atoms with Crippen LogP contribution in [0.15, 0.2) is 60.7 Å². The molecule has 0 aliphatic carbocycles. The molecule has 0 radical (unpaired) electrons. The summed E-state index contributed by atoms with van der Waals surface area (Å²) in [4.78, 5) is 40.6. The molecule has 1 aliphatic heterocycles. The van der Waals surface area contributed by atoms with Crippen molar-refractivity contribution < 1.29 is 14.4 Å². The van der Waals surface area contributed by atoms with Crippen molar-refractivity contribution in [3.8, 4) is 0 Å². The van der Waals surface area contributed by atoms with E-state index in [1.807, 2.05) is 24.3 Å². The first-order valence-electron chi connectivity index (χ1n) is 9.41. The van der Waals surface area contributed by atoms with Gasteiger partial charge in [-0.05, 0) is 24.1 Å². The Labute approximate surface area is 173 Å². The van der Waals surface area contributed by atoms with E-state index in [9.17, 15) is 14.4 Å². The quantitative estimate of drug-likeness (QED) is 0.665. The number of thiophene rings is 1. The average Bonchev–Trinajstić information content (AvgIpc) is 3.11. The SMILES string of the molecule is CC(=O)N1CCc2c(sc(NC(=O)c3ccccc3)c2C(=O)c2ccccc2)C1. The third-order valence-corrected chi connectivity index (χ3v) is 6.16. The molecule has 1 aromatic heterocycles. The number of amides is 2. The first kappa shape index (κ1) is 19.1. The number of carbonyl (C=O) groups excluding carboxylic acids is 3. The molecule has 0 unspecified atom stereocenters. The smallest absolute Gasteiger partial charge is 0.256 e. The number of nitrogens with one attached hydrogen (secondary N) is 1. The van der Waals surface area contributed by atoms with Crippen LogP contribution in [0.4, 0.5) is 5.00 Å². The third-order valence-electron chi connectivity index (χ3n) is 5.03. The Morgan fingerprint density at radius 3 is 2.17 bits per heavy atom. The van der Waals surface area contributed by atoms with Gasteiger partial charge in [0.25, 0.3) is 5.91 Å². The summed E-state index contributed by atoms with van der Waals surface area (Å²) in [6, 6.07) is 18.0. The molecule has 2 aromatic carbocycles. The fraction of sp³-hybridized carbons (Fsp3) is 0.174. The van der Waals surface area contributed by atoms with Crippen molar-refractivity contribution in [2.45, 2.75) is 19.9 Å². The van der Waals surface area contributed by atoms with Crippen LogP contribution in [0.3, 0.4) is 0 Å². The summed E-state index contributed by atoms with van der Waals surface area (Å²) in [7, 11) is 0. The maximum absolute atomic E-state index is 13.3. The molecule has 0 spiro atoms. The van der Waals surface area contributed by atoms with E-state index < -0.39 is 0 Å². The van der Waals surface area contributed by atoms with Crippen LogP contribution in [0.25, 0.3) is 0 Å². The normalized spacial score (nSPS) is 12.9. The summed E-state index contributed by atoms with van der Waals surface area (Å²) in [5, 5.41) is 3.48. The van der Waals surface area contributed by atoms with Crippen LogP contribution in [-0.2, 0) is 17.8 Å². The lowest BCUT2D eigenvalue weighted by Gasteiger charge is -2.26. The van der Waals surface area contributed by atoms with Gasteiger partial charge in [0.2, 0.25) is 5.91 Å². The van der Waals surface area contributed by atoms with Crippen LogP contribution < -0.4 is 5.32 Å². The molecule has 0 saturated heterocycles. The minimum atomic E-state index is -0.255. The van der Waals surface area contributed by atoms with Gasteiger partial charge in [-0.25, -0.2) is 0 Å². The highest BCUT2D eigenvalue weighted by Gasteiger charge is 2.30. The number of carbonyl (C=O) groups is 3. The number of nitrogens with zero attached hydrogens (tertiary/aromatic N) is 1. The highest BCUT2D eigenvalue weighted by atomic mass is 32.1. The van der Waals surface area contributed by atoms with Crippen molar-refractivity contribution in [2.75, 3.05) is 11.9 Å². The number of fused-ring (bicyclic) bond motifs is 1. The van der Waals surface area contributed by atoms with Crippen molar-refractivity contribution in [2.24, 2.45) is 0 Å². The lowest BCUT2D eigenvalue weighted by Crippen LogP contribution is -2.33. The molecule has 3 aromatic rings. The maximum Gasteiger partial charge on any atom is 0.256 e. The Hall–Kier alpha value is -3.25. The van der Waals surface area contributed by atoms with Crippen LogP contribution in [-0.4, -0.2) is 29.0 Å². The van der Waals surface area contributed by atoms with Gasteiger partial charge in [0.05, 0.1) is 12.1 Å². The zero-order valence-corrected chi connectivity index (χ0v) is 16.8. The second kappa shape index (κ2) is 8.01. The molecule has 2 amide bonds. The third kappa shape index (κ3) is 3.84. The van der Waals surface area contributed by atoms with Crippen LogP contribution >= 0.6 is 11.3 Å². The highest BCUT2D eigenvalue weighted by Crippen LogP contribution is 2.38. The van der Waals surface area contributed by atoms with E-state index in [-0.39, 0.29) is 17.6 Å². The van der Waals surface area contributed by atoms with Gasteiger partial charge < -0.3 is 10.2 Å². The Balaban J connectivity index is 1.74. The number of hydrogen-bond donors (Lipinski definition) is 1. The summed E-state index contributed by atoms with van der Waals surface area (Å²) in [6.07, 6.45) is 0.598. The molecule has 4 rings (SSSR count). The number of benzene rings is 2. The van der Waals surface area contributed by atoms with Gasteiger partial charge in [0.15, 0.2) is 5.78 Å². The Bertz CT molecular complexity index is 1070. The van der Waals surface area contributed by atoms with Gasteiger partial charge in [0.1, 0.15) is 5.00 Å². The van der Waals surface area contributed by atoms with Crippen LogP contribution in [0.1, 0.15) is 43.6 Å². The minimum absolute atomic E-state index is 0.00913. The van der Waals surface area contributed by atoms with E-state index in [4.69, 9.17) is 0 Å². The van der Waals surface area contributed by atoms with Crippen molar-refractivity contribution in [1.82, 2.24) is 4.90 Å². The van der Waals surface area contributed by atoms with Crippen molar-refractivity contribution in [3.63, 3.8) is 0 Å². The van der Waals surface area contributed by atoms with Crippen LogP contribution in [0.5, 0.6) is 0 Å². The summed E-state index contributed by atoms with van der Waals surface area (Å²) in [6.45, 7) is 2.58. The van der Waals surface area contributed by atoms with E-state index in [1.165, 1.54) is 11.3 Å². The molecule has 146 valence electrons. The molecule has 1 aliphatic rings. The van der Waals surface area contributed by atoms with Crippen LogP contribution in [0, 0.1) is 0 Å². The first-order valence-corrected chi connectivity index (χ1v) is 10.2. The Morgan fingerprint density at radius 2 is 1.55 bits per heavy atom. The number of rotatable bonds is 4. The number of ketones is 1. The fourth-order valence-corrected chi connectivity index (χ4v) is 4.76. The number of anilines is 1. The van der Waals surface area contributed by atoms with Gasteiger partial charge in [-0.2, -0.15) is 0 Å². The predicted octanol–water partition coefficient (Wildman–Crippen LogP) is 4.14. The molecule has 6 heteroatoms. The second-order valence-electron chi connectivity index (χ2n) is 6.91. The lowest BCUT2D eigenvalue weighted by molar-refractivity contribution is -0.129. The molecule has 0 saturated carbocycles. The van der Waals surface area contributed by atoms with E-state index in [0.29, 0.717) is 41.2 Å². The monoisotopic (exact) mass is 404 g/mol. The molecule has 0 atom stereocenters. The average molecular weight is 404 g/mol. The second-order valence-corrected chi connectivity index (χ2v) is 8.02. The fourth-order valence-electron chi connectivity index (χ4n) is 3.50. The largest absolute Gasteiger partial charge is 0.337 e. The predicted molar refractivity (Wildman–Crippen MR) is 113 cm³/mol. The standard InChI is InChI=1S/C23H20N2O3S/c1-15(26)25-13-12-18-19(14-25)29-23(24-22(28)17-10-6-3-7-11-17)20(18)21(27)16-8-4-2-5-9-16/h2-11H,12-14H2,1H3,(H,24,28). The topological polar surface area (TPSA) is 66.5 Å². The molecule has 29 heavy (non-hydrogen) atoms. The highest BCUT2D eigenvalue weighted by molar-refractivity contribution is 7.17. The van der Waals surface area contributed by atoms with E-state index in [2.05, 4.69) is 5.32 Å². The summed E-state index contributed by atoms with van der Waals surface area (Å²) in [5.41, 5.74) is 2.59. The van der Waals surface area contributed by atoms with E-state index in [0.717, 1.165) is 10.4 Å². The minimum Gasteiger partial charge on any atom is -0.337 e. The lowest BCUT2D eigenvalue weighted by atomic mass is 9.96. The zero-order valence-electron chi connectivity index (χ0n) is 16.0. The van der Waals surface area contributed by atoms with Gasteiger partial charge in [-0.3, -0.25) is 14.4 Å². The van der Waals surface area contributed by atoms with Gasteiger partial charge in [-0.1, -0.05) is 48.5 Å². The number of hydrogen-bond acceptors (Lipinski definition) is 4. The van der Waals surface area contributed by atoms with Gasteiger partial charge in [0, 0.05) is 29.5 Å². The van der Waals surface area contributed by atoms with E-state index >= 15 is 0 Å². The first-order chi connectivity index (χ1) is 14.0. The summed E-state index contributed by atoms with van der Waals surface area (Å²) < 4.78 is 0. The zero-order chi connectivity index (χ0) is 20.4. The van der Waals surface area contributed by atoms with Crippen molar-refractivity contribution >= 4 is 33.9 Å². The molecule has 2 heterocycles. The molecule has 0 fully saturated rings. The Kier molecular flexibility index (Phi) is 5.27. The molecule has 1 N–H and O–H groups in total. The van der Waals surface area contributed by atoms with Gasteiger partial charge >= 0.3 is 0 Å². The molecule has 5 nitrogen and oxygen atoms in total. The maximum atomic E-state index is 13.3. The molecular weight excluding hydrogens is 384 g/mol. The summed E-state index contributed by atoms with van der Waals surface area (Å²) in [5.74, 6) is -0.354. The van der Waals surface area contributed by atoms with Crippen molar-refractivity contribution in [1.29, 1.82) is 0 Å². The molecule has 0 bridgehead atoms. The Morgan fingerprint density at radius 1 is 0.931 bits per heavy atom. The van der Waals surface area contributed by atoms with Gasteiger partial charge in [-0.15, -0.1) is 11.3 Å². The summed E-state index contributed by atoms with van der Waals surface area (Å²) >= 11 is 1.38. The molecular formula is C23H20N2O3S.